The summed E-state index contributed by atoms with van der Waals surface area (Å²) in [5.74, 6) is 1.08. The van der Waals surface area contributed by atoms with Crippen molar-refractivity contribution in [2.75, 3.05) is 47.2 Å². The molecule has 1 saturated carbocycles. The number of piperazine rings is 1. The van der Waals surface area contributed by atoms with Crippen LogP contribution < -0.4 is 25.2 Å². The SMILES string of the molecule is C=CC(=O)N1CCN(c2ncc(-c3ccc(OC)c(Nc4ncc(C(=O)Nc5c(C)cccc5Cl)s4)n3)cc2N(C(C)=O)C2CC2)C(C)C1. The maximum absolute atomic E-state index is 13.0. The molecule has 1 unspecified atom stereocenters. The number of thiazole rings is 1. The maximum Gasteiger partial charge on any atom is 0.267 e. The van der Waals surface area contributed by atoms with Crippen molar-refractivity contribution in [2.45, 2.75) is 45.7 Å². The summed E-state index contributed by atoms with van der Waals surface area (Å²) in [5, 5.41) is 6.97. The lowest BCUT2D eigenvalue weighted by Gasteiger charge is -2.41. The number of benzene rings is 1. The summed E-state index contributed by atoms with van der Waals surface area (Å²) >= 11 is 7.47. The molecule has 4 aromatic rings. The van der Waals surface area contributed by atoms with Crippen LogP contribution in [0.5, 0.6) is 5.75 Å². The lowest BCUT2D eigenvalue weighted by atomic mass is 10.1. The van der Waals surface area contributed by atoms with Gasteiger partial charge < -0.3 is 30.1 Å². The number of rotatable bonds is 10. The van der Waals surface area contributed by atoms with E-state index in [4.69, 9.17) is 26.3 Å². The van der Waals surface area contributed by atoms with Crippen LogP contribution in [0.3, 0.4) is 0 Å². The molecule has 0 spiro atoms. The Morgan fingerprint density at radius 1 is 1.14 bits per heavy atom. The van der Waals surface area contributed by atoms with Gasteiger partial charge >= 0.3 is 0 Å². The van der Waals surface area contributed by atoms with Crippen LogP contribution in [-0.4, -0.2) is 76.4 Å². The van der Waals surface area contributed by atoms with Gasteiger partial charge in [0, 0.05) is 50.4 Å². The Kier molecular flexibility index (Phi) is 9.84. The quantitative estimate of drug-likeness (QED) is 0.183. The second kappa shape index (κ2) is 14.2. The molecule has 1 aliphatic carbocycles. The van der Waals surface area contributed by atoms with E-state index in [1.165, 1.54) is 12.3 Å². The molecule has 3 amide bonds. The van der Waals surface area contributed by atoms with Crippen LogP contribution >= 0.6 is 22.9 Å². The number of nitrogens with one attached hydrogen (secondary N) is 2. The van der Waals surface area contributed by atoms with E-state index in [0.717, 1.165) is 29.7 Å². The average Bonchev–Trinajstić information content (AvgIpc) is 3.81. The first kappa shape index (κ1) is 33.9. The van der Waals surface area contributed by atoms with Gasteiger partial charge in [0.25, 0.3) is 5.91 Å². The Labute approximate surface area is 293 Å². The second-order valence-corrected chi connectivity index (χ2v) is 13.4. The minimum atomic E-state index is -0.331. The number of carbonyl (C=O) groups is 3. The van der Waals surface area contributed by atoms with E-state index in [9.17, 15) is 14.4 Å². The molecule has 12 nitrogen and oxygen atoms in total. The van der Waals surface area contributed by atoms with Crippen LogP contribution in [0.1, 0.15) is 41.9 Å². The third kappa shape index (κ3) is 7.22. The van der Waals surface area contributed by atoms with Gasteiger partial charge in [-0.3, -0.25) is 14.4 Å². The van der Waals surface area contributed by atoms with Crippen LogP contribution in [0.2, 0.25) is 5.02 Å². The van der Waals surface area contributed by atoms with Crippen molar-refractivity contribution in [3.05, 3.63) is 76.9 Å². The molecule has 1 saturated heterocycles. The number of anilines is 5. The van der Waals surface area contributed by atoms with E-state index in [0.29, 0.717) is 74.7 Å². The number of amides is 3. The van der Waals surface area contributed by atoms with Crippen molar-refractivity contribution in [1.82, 2.24) is 19.9 Å². The van der Waals surface area contributed by atoms with Crippen LogP contribution in [0.4, 0.5) is 28.1 Å². The van der Waals surface area contributed by atoms with Gasteiger partial charge in [0.15, 0.2) is 22.5 Å². The highest BCUT2D eigenvalue weighted by atomic mass is 35.5. The van der Waals surface area contributed by atoms with Crippen molar-refractivity contribution in [3.63, 3.8) is 0 Å². The van der Waals surface area contributed by atoms with Gasteiger partial charge in [-0.25, -0.2) is 15.0 Å². The Bertz CT molecular complexity index is 1910. The summed E-state index contributed by atoms with van der Waals surface area (Å²) in [6.45, 7) is 10.7. The van der Waals surface area contributed by atoms with Crippen molar-refractivity contribution >= 4 is 68.8 Å². The molecule has 14 heteroatoms. The molecular formula is C35H37ClN8O4S. The van der Waals surface area contributed by atoms with Crippen LogP contribution in [0, 0.1) is 6.92 Å². The summed E-state index contributed by atoms with van der Waals surface area (Å²) in [4.78, 5) is 58.7. The number of pyridine rings is 2. The Morgan fingerprint density at radius 3 is 2.61 bits per heavy atom. The highest BCUT2D eigenvalue weighted by molar-refractivity contribution is 7.17. The zero-order valence-electron chi connectivity index (χ0n) is 27.7. The fourth-order valence-corrected chi connectivity index (χ4v) is 6.89. The molecule has 1 aliphatic heterocycles. The molecule has 1 atom stereocenters. The number of carbonyl (C=O) groups excluding carboxylic acids is 3. The number of nitrogens with zero attached hydrogens (tertiary/aromatic N) is 6. The summed E-state index contributed by atoms with van der Waals surface area (Å²) in [7, 11) is 1.55. The molecule has 4 heterocycles. The monoisotopic (exact) mass is 700 g/mol. The first-order valence-corrected chi connectivity index (χ1v) is 17.1. The zero-order chi connectivity index (χ0) is 34.8. The lowest BCUT2D eigenvalue weighted by molar-refractivity contribution is -0.126. The molecule has 2 N–H and O–H groups in total. The maximum atomic E-state index is 13.0. The number of halogens is 1. The van der Waals surface area contributed by atoms with Gasteiger partial charge in [-0.1, -0.05) is 41.6 Å². The highest BCUT2D eigenvalue weighted by Gasteiger charge is 2.36. The van der Waals surface area contributed by atoms with Gasteiger partial charge in [-0.15, -0.1) is 0 Å². The van der Waals surface area contributed by atoms with E-state index in [-0.39, 0.29) is 29.8 Å². The molecule has 6 rings (SSSR count). The first-order chi connectivity index (χ1) is 23.6. The van der Waals surface area contributed by atoms with Gasteiger partial charge in [0.05, 0.1) is 35.4 Å². The molecule has 0 bridgehead atoms. The third-order valence-corrected chi connectivity index (χ3v) is 9.76. The number of aromatic nitrogens is 3. The van der Waals surface area contributed by atoms with E-state index >= 15 is 0 Å². The number of methoxy groups -OCH3 is 1. The van der Waals surface area contributed by atoms with Crippen LogP contribution in [0.15, 0.2) is 61.4 Å². The van der Waals surface area contributed by atoms with Gasteiger partial charge in [0.1, 0.15) is 4.88 Å². The predicted octanol–water partition coefficient (Wildman–Crippen LogP) is 6.30. The Balaban J connectivity index is 1.29. The second-order valence-electron chi connectivity index (χ2n) is 12.0. The molecule has 254 valence electrons. The van der Waals surface area contributed by atoms with Gasteiger partial charge in [-0.05, 0) is 62.6 Å². The molecule has 49 heavy (non-hydrogen) atoms. The van der Waals surface area contributed by atoms with E-state index < -0.39 is 0 Å². The lowest BCUT2D eigenvalue weighted by Crippen LogP contribution is -2.54. The summed E-state index contributed by atoms with van der Waals surface area (Å²) < 4.78 is 5.59. The fraction of sp³-hybridized carbons (Fsp3) is 0.314. The van der Waals surface area contributed by atoms with Crippen molar-refractivity contribution in [2.24, 2.45) is 0 Å². The molecule has 2 aliphatic rings. The number of ether oxygens (including phenoxy) is 1. The van der Waals surface area contributed by atoms with Crippen LogP contribution in [0.25, 0.3) is 11.3 Å². The molecule has 0 radical (unpaired) electrons. The fourth-order valence-electron chi connectivity index (χ4n) is 5.91. The normalized spacial score (nSPS) is 15.8. The summed E-state index contributed by atoms with van der Waals surface area (Å²) in [6, 6.07) is 11.1. The number of hydrogen-bond donors (Lipinski definition) is 2. The van der Waals surface area contributed by atoms with Crippen LogP contribution in [-0.2, 0) is 9.59 Å². The zero-order valence-corrected chi connectivity index (χ0v) is 29.3. The predicted molar refractivity (Wildman–Crippen MR) is 193 cm³/mol. The Morgan fingerprint density at radius 2 is 1.94 bits per heavy atom. The van der Waals surface area contributed by atoms with Crippen molar-refractivity contribution in [1.29, 1.82) is 0 Å². The van der Waals surface area contributed by atoms with Gasteiger partial charge in [-0.2, -0.15) is 0 Å². The number of aryl methyl sites for hydroxylation is 1. The number of para-hydroxylation sites is 1. The standard InChI is InChI=1S/C35H37ClN8O4S/c1-6-30(46)42-14-15-43(21(3)19-42)33-27(44(22(4)45)24-10-11-24)16-23(17-37-33)26-12-13-28(48-5)32(39-26)41-35-38-18-29(49-35)34(47)40-31-20(2)8-7-9-25(31)36/h6-9,12-13,16-18,21,24H,1,10-11,14-15,19H2,2-5H3,(H,40,47)(H,38,39,41). The molecule has 2 fully saturated rings. The van der Waals surface area contributed by atoms with Crippen molar-refractivity contribution < 1.29 is 19.1 Å². The minimum Gasteiger partial charge on any atom is -0.493 e. The molecular weight excluding hydrogens is 664 g/mol. The minimum absolute atomic E-state index is 0.0309. The largest absolute Gasteiger partial charge is 0.493 e. The number of hydrogen-bond acceptors (Lipinski definition) is 10. The smallest absolute Gasteiger partial charge is 0.267 e. The third-order valence-electron chi connectivity index (χ3n) is 8.53. The summed E-state index contributed by atoms with van der Waals surface area (Å²) in [6.07, 6.45) is 6.41. The summed E-state index contributed by atoms with van der Waals surface area (Å²) in [5.41, 5.74) is 3.41. The topological polar surface area (TPSA) is 133 Å². The van der Waals surface area contributed by atoms with E-state index in [2.05, 4.69) is 27.1 Å². The van der Waals surface area contributed by atoms with E-state index in [1.54, 1.807) is 37.3 Å². The first-order valence-electron chi connectivity index (χ1n) is 15.9. The average molecular weight is 701 g/mol. The Hall–Kier alpha value is -5.01. The van der Waals surface area contributed by atoms with Gasteiger partial charge in [0.2, 0.25) is 11.8 Å². The van der Waals surface area contributed by atoms with E-state index in [1.807, 2.05) is 43.0 Å². The van der Waals surface area contributed by atoms with Crippen molar-refractivity contribution in [3.8, 4) is 17.0 Å². The molecule has 3 aromatic heterocycles. The highest BCUT2D eigenvalue weighted by Crippen LogP contribution is 2.40. The molecule has 1 aromatic carbocycles.